The van der Waals surface area contributed by atoms with E-state index in [1.807, 2.05) is 34.6 Å². The Labute approximate surface area is 159 Å². The standard InChI is InChI=1S/2C9H11BrFN/c1-5(2)7-4-12-6(3)9(11)8(7)10;1-5(2)9-8(11)7(10)4-6(3)12-9/h2*4-5H,1-3H3. The summed E-state index contributed by atoms with van der Waals surface area (Å²) in [6, 6.07) is 1.68. The molecule has 24 heavy (non-hydrogen) atoms. The van der Waals surface area contributed by atoms with E-state index in [4.69, 9.17) is 0 Å². The lowest BCUT2D eigenvalue weighted by Crippen LogP contribution is -2.00. The molecule has 2 aromatic heterocycles. The normalized spacial score (nSPS) is 10.8. The first kappa shape index (κ1) is 21.2. The minimum absolute atomic E-state index is 0.126. The first-order valence-electron chi connectivity index (χ1n) is 7.69. The third kappa shape index (κ3) is 5.31. The van der Waals surface area contributed by atoms with E-state index in [9.17, 15) is 8.78 Å². The van der Waals surface area contributed by atoms with Crippen LogP contribution < -0.4 is 0 Å². The van der Waals surface area contributed by atoms with Gasteiger partial charge in [-0.2, -0.15) is 0 Å². The molecule has 2 nitrogen and oxygen atoms in total. The molecule has 0 saturated heterocycles. The van der Waals surface area contributed by atoms with Gasteiger partial charge in [0.25, 0.3) is 0 Å². The van der Waals surface area contributed by atoms with E-state index in [0.717, 1.165) is 11.3 Å². The maximum atomic E-state index is 13.3. The van der Waals surface area contributed by atoms with Gasteiger partial charge in [0.15, 0.2) is 11.6 Å². The lowest BCUT2D eigenvalue weighted by Gasteiger charge is -2.08. The summed E-state index contributed by atoms with van der Waals surface area (Å²) in [6.07, 6.45) is 1.72. The van der Waals surface area contributed by atoms with Gasteiger partial charge in [-0.1, -0.05) is 27.7 Å². The lowest BCUT2D eigenvalue weighted by molar-refractivity contribution is 0.576. The highest BCUT2D eigenvalue weighted by atomic mass is 79.9. The van der Waals surface area contributed by atoms with E-state index in [1.165, 1.54) is 0 Å². The van der Waals surface area contributed by atoms with Gasteiger partial charge >= 0.3 is 0 Å². The molecule has 0 fully saturated rings. The van der Waals surface area contributed by atoms with Gasteiger partial charge in [0.1, 0.15) is 0 Å². The molecule has 0 aliphatic heterocycles. The van der Waals surface area contributed by atoms with Crippen LogP contribution in [0.25, 0.3) is 0 Å². The Morgan fingerprint density at radius 2 is 1.54 bits per heavy atom. The molecule has 6 heteroatoms. The van der Waals surface area contributed by atoms with Crippen LogP contribution in [0.15, 0.2) is 21.2 Å². The molecule has 0 unspecified atom stereocenters. The van der Waals surface area contributed by atoms with Crippen LogP contribution >= 0.6 is 31.9 Å². The Bertz CT molecular complexity index is 717. The predicted molar refractivity (Wildman–Crippen MR) is 101 cm³/mol. The fourth-order valence-corrected chi connectivity index (χ4v) is 3.37. The highest BCUT2D eigenvalue weighted by Gasteiger charge is 2.12. The Morgan fingerprint density at radius 1 is 0.958 bits per heavy atom. The van der Waals surface area contributed by atoms with Crippen molar-refractivity contribution in [3.8, 4) is 0 Å². The Balaban J connectivity index is 0.000000240. The van der Waals surface area contributed by atoms with Crippen LogP contribution in [0.1, 0.15) is 62.2 Å². The zero-order valence-electron chi connectivity index (χ0n) is 14.7. The second-order valence-corrected chi connectivity index (χ2v) is 7.83. The molecule has 0 aliphatic rings. The van der Waals surface area contributed by atoms with E-state index in [0.29, 0.717) is 26.3 Å². The Kier molecular flexibility index (Phi) is 7.93. The summed E-state index contributed by atoms with van der Waals surface area (Å²) in [6.45, 7) is 11.4. The molecule has 0 amide bonds. The van der Waals surface area contributed by atoms with Crippen molar-refractivity contribution < 1.29 is 8.78 Å². The van der Waals surface area contributed by atoms with Crippen LogP contribution in [-0.4, -0.2) is 9.97 Å². The van der Waals surface area contributed by atoms with E-state index < -0.39 is 0 Å². The largest absolute Gasteiger partial charge is 0.258 e. The summed E-state index contributed by atoms with van der Waals surface area (Å²) < 4.78 is 27.6. The smallest absolute Gasteiger partial charge is 0.159 e. The molecule has 2 aromatic rings. The molecule has 0 N–H and O–H groups in total. The first-order valence-corrected chi connectivity index (χ1v) is 9.27. The minimum Gasteiger partial charge on any atom is -0.258 e. The number of hydrogen-bond donors (Lipinski definition) is 0. The van der Waals surface area contributed by atoms with Crippen molar-refractivity contribution in [2.24, 2.45) is 0 Å². The second kappa shape index (κ2) is 8.99. The van der Waals surface area contributed by atoms with Crippen molar-refractivity contribution >= 4 is 31.9 Å². The number of aromatic nitrogens is 2. The summed E-state index contributed by atoms with van der Waals surface area (Å²) in [7, 11) is 0. The second-order valence-electron chi connectivity index (χ2n) is 6.18. The van der Waals surface area contributed by atoms with Gasteiger partial charge in [-0.15, -0.1) is 0 Å². The molecule has 0 saturated carbocycles. The quantitative estimate of drug-likeness (QED) is 0.487. The molecule has 0 aliphatic carbocycles. The van der Waals surface area contributed by atoms with Crippen LogP contribution in [0.2, 0.25) is 0 Å². The van der Waals surface area contributed by atoms with Crippen LogP contribution in [0.3, 0.4) is 0 Å². The fourth-order valence-electron chi connectivity index (χ4n) is 1.99. The van der Waals surface area contributed by atoms with Crippen molar-refractivity contribution in [1.82, 2.24) is 9.97 Å². The first-order chi connectivity index (χ1) is 11.1. The van der Waals surface area contributed by atoms with Gasteiger partial charge in [-0.05, 0) is 69.2 Å². The fraction of sp³-hybridized carbons (Fsp3) is 0.444. The van der Waals surface area contributed by atoms with E-state index >= 15 is 0 Å². The summed E-state index contributed by atoms with van der Waals surface area (Å²) in [4.78, 5) is 8.08. The van der Waals surface area contributed by atoms with Crippen LogP contribution in [0, 0.1) is 25.5 Å². The molecule has 2 heterocycles. The van der Waals surface area contributed by atoms with Crippen molar-refractivity contribution in [3.05, 3.63) is 55.5 Å². The number of rotatable bonds is 2. The SMILES string of the molecule is Cc1cc(Br)c(F)c(C(C)C)n1.Cc1ncc(C(C)C)c(Br)c1F. The van der Waals surface area contributed by atoms with E-state index in [1.54, 1.807) is 19.2 Å². The summed E-state index contributed by atoms with van der Waals surface area (Å²) in [5, 5.41) is 0. The minimum atomic E-state index is -0.249. The average Bonchev–Trinajstić information content (AvgIpc) is 2.48. The third-order valence-corrected chi connectivity index (χ3v) is 4.78. The van der Waals surface area contributed by atoms with Crippen LogP contribution in [0.4, 0.5) is 8.78 Å². The van der Waals surface area contributed by atoms with Gasteiger partial charge in [-0.25, -0.2) is 8.78 Å². The molecular weight excluding hydrogens is 442 g/mol. The summed E-state index contributed by atoms with van der Waals surface area (Å²) in [5.41, 5.74) is 2.72. The number of nitrogens with zero attached hydrogens (tertiary/aromatic N) is 2. The highest BCUT2D eigenvalue weighted by Crippen LogP contribution is 2.27. The molecule has 132 valence electrons. The zero-order chi connectivity index (χ0) is 18.6. The number of halogens is 4. The van der Waals surface area contributed by atoms with Crippen LogP contribution in [0.5, 0.6) is 0 Å². The van der Waals surface area contributed by atoms with Gasteiger partial charge in [0.2, 0.25) is 0 Å². The molecule has 0 radical (unpaired) electrons. The van der Waals surface area contributed by atoms with Crippen molar-refractivity contribution in [1.29, 1.82) is 0 Å². The number of pyridine rings is 2. The third-order valence-electron chi connectivity index (χ3n) is 3.40. The Morgan fingerprint density at radius 3 is 2.04 bits per heavy atom. The molecule has 0 bridgehead atoms. The maximum absolute atomic E-state index is 13.3. The molecule has 0 atom stereocenters. The molecule has 2 rings (SSSR count). The summed E-state index contributed by atoms with van der Waals surface area (Å²) >= 11 is 6.37. The zero-order valence-corrected chi connectivity index (χ0v) is 17.9. The van der Waals surface area contributed by atoms with Crippen molar-refractivity contribution in [3.63, 3.8) is 0 Å². The maximum Gasteiger partial charge on any atom is 0.159 e. The van der Waals surface area contributed by atoms with Gasteiger partial charge in [0.05, 0.1) is 20.3 Å². The highest BCUT2D eigenvalue weighted by molar-refractivity contribution is 9.10. The average molecular weight is 464 g/mol. The van der Waals surface area contributed by atoms with Crippen molar-refractivity contribution in [2.45, 2.75) is 53.4 Å². The van der Waals surface area contributed by atoms with E-state index in [-0.39, 0.29) is 17.6 Å². The number of hydrogen-bond acceptors (Lipinski definition) is 2. The van der Waals surface area contributed by atoms with Gasteiger partial charge < -0.3 is 0 Å². The lowest BCUT2D eigenvalue weighted by atomic mass is 10.1. The number of aryl methyl sites for hydroxylation is 2. The Hall–Kier alpha value is -0.880. The van der Waals surface area contributed by atoms with Gasteiger partial charge in [0, 0.05) is 11.9 Å². The molecule has 0 spiro atoms. The summed E-state index contributed by atoms with van der Waals surface area (Å²) in [5.74, 6) is -0.0695. The van der Waals surface area contributed by atoms with Crippen molar-refractivity contribution in [2.75, 3.05) is 0 Å². The monoisotopic (exact) mass is 462 g/mol. The van der Waals surface area contributed by atoms with E-state index in [2.05, 4.69) is 41.8 Å². The van der Waals surface area contributed by atoms with Gasteiger partial charge in [-0.3, -0.25) is 9.97 Å². The predicted octanol–water partition coefficient (Wildman–Crippen LogP) is 6.83. The molecular formula is C18H22Br2F2N2. The molecule has 0 aromatic carbocycles. The van der Waals surface area contributed by atoms with Crippen LogP contribution in [-0.2, 0) is 0 Å². The topological polar surface area (TPSA) is 25.8 Å².